The van der Waals surface area contributed by atoms with E-state index in [2.05, 4.69) is 15.6 Å². The normalized spacial score (nSPS) is 10.4. The van der Waals surface area contributed by atoms with Crippen LogP contribution in [0.3, 0.4) is 0 Å². The molecule has 0 fully saturated rings. The molecule has 2 aromatic carbocycles. The van der Waals surface area contributed by atoms with Crippen molar-refractivity contribution in [3.63, 3.8) is 0 Å². The largest absolute Gasteiger partial charge is 0.494 e. The second kappa shape index (κ2) is 9.64. The van der Waals surface area contributed by atoms with Gasteiger partial charge in [-0.05, 0) is 67.5 Å². The summed E-state index contributed by atoms with van der Waals surface area (Å²) in [6, 6.07) is 10.3. The van der Waals surface area contributed by atoms with E-state index in [1.165, 1.54) is 30.6 Å². The van der Waals surface area contributed by atoms with Gasteiger partial charge in [0.1, 0.15) is 5.75 Å². The number of benzene rings is 2. The van der Waals surface area contributed by atoms with Crippen molar-refractivity contribution in [3.05, 3.63) is 58.7 Å². The Labute approximate surface area is 183 Å². The number of nitrogens with zero attached hydrogens (tertiary/aromatic N) is 1. The van der Waals surface area contributed by atoms with E-state index in [0.717, 1.165) is 11.1 Å². The number of thiazole rings is 1. The summed E-state index contributed by atoms with van der Waals surface area (Å²) in [6.07, 6.45) is 0. The number of rotatable bonds is 6. The molecule has 6 nitrogen and oxygen atoms in total. The molecule has 1 heterocycles. The van der Waals surface area contributed by atoms with Crippen LogP contribution in [0.2, 0.25) is 0 Å². The zero-order valence-corrected chi connectivity index (χ0v) is 18.2. The van der Waals surface area contributed by atoms with E-state index in [1.807, 2.05) is 32.0 Å². The predicted octanol–water partition coefficient (Wildman–Crippen LogP) is 4.47. The highest BCUT2D eigenvalue weighted by Gasteiger charge is 2.11. The fourth-order valence-corrected chi connectivity index (χ4v) is 3.74. The molecule has 30 heavy (non-hydrogen) atoms. The van der Waals surface area contributed by atoms with E-state index in [4.69, 9.17) is 21.7 Å². The van der Waals surface area contributed by atoms with Crippen LogP contribution in [0.15, 0.2) is 41.8 Å². The number of nitrogens with one attached hydrogen (secondary N) is 2. The lowest BCUT2D eigenvalue weighted by molar-refractivity contribution is -0.121. The molecule has 1 amide bonds. The number of aryl methyl sites for hydroxylation is 2. The van der Waals surface area contributed by atoms with E-state index in [1.54, 1.807) is 11.4 Å². The third kappa shape index (κ3) is 5.74. The predicted molar refractivity (Wildman–Crippen MR) is 120 cm³/mol. The standard InChI is InChI=1S/C21H20FN3O3S2/c1-12-6-13(2)8-15(7-12)28-10-19(26)24-20(29)25-21-23-17(11-30-21)14-4-5-18(27-3)16(22)9-14/h4-9,11H,10H2,1-3H3,(H2,23,24,25,26,29). The lowest BCUT2D eigenvalue weighted by atomic mass is 10.1. The fraction of sp³-hybridized carbons (Fsp3) is 0.190. The van der Waals surface area contributed by atoms with Crippen LogP contribution in [0, 0.1) is 19.7 Å². The van der Waals surface area contributed by atoms with Crippen LogP contribution in [0.5, 0.6) is 11.5 Å². The minimum Gasteiger partial charge on any atom is -0.494 e. The van der Waals surface area contributed by atoms with E-state index in [0.29, 0.717) is 22.1 Å². The Kier molecular flexibility index (Phi) is 6.96. The molecule has 0 radical (unpaired) electrons. The molecule has 2 N–H and O–H groups in total. The van der Waals surface area contributed by atoms with Crippen molar-refractivity contribution in [2.24, 2.45) is 0 Å². The molecule has 0 spiro atoms. The Bertz CT molecular complexity index is 1060. The number of hydrogen-bond donors (Lipinski definition) is 2. The molecule has 0 bridgehead atoms. The minimum atomic E-state index is -0.468. The SMILES string of the molecule is COc1ccc(-c2csc(NC(=S)NC(=O)COc3cc(C)cc(C)c3)n2)cc1F. The van der Waals surface area contributed by atoms with Crippen molar-refractivity contribution in [3.8, 4) is 22.8 Å². The van der Waals surface area contributed by atoms with Crippen molar-refractivity contribution in [1.29, 1.82) is 0 Å². The second-order valence-corrected chi connectivity index (χ2v) is 7.77. The first kappa shape index (κ1) is 21.7. The highest BCUT2D eigenvalue weighted by molar-refractivity contribution is 7.80. The van der Waals surface area contributed by atoms with Crippen molar-refractivity contribution < 1.29 is 18.7 Å². The summed E-state index contributed by atoms with van der Waals surface area (Å²) in [6.45, 7) is 3.75. The molecule has 0 saturated carbocycles. The molecule has 0 aliphatic rings. The van der Waals surface area contributed by atoms with Crippen molar-refractivity contribution in [2.75, 3.05) is 19.0 Å². The zero-order chi connectivity index (χ0) is 21.7. The van der Waals surface area contributed by atoms with E-state index in [-0.39, 0.29) is 23.4 Å². The van der Waals surface area contributed by atoms with Gasteiger partial charge < -0.3 is 14.8 Å². The molecule has 9 heteroatoms. The second-order valence-electron chi connectivity index (χ2n) is 6.50. The summed E-state index contributed by atoms with van der Waals surface area (Å²) in [4.78, 5) is 16.4. The summed E-state index contributed by atoms with van der Waals surface area (Å²) in [5.41, 5.74) is 3.29. The number of methoxy groups -OCH3 is 1. The molecular formula is C21H20FN3O3S2. The first-order valence-corrected chi connectivity index (χ1v) is 10.2. The summed E-state index contributed by atoms with van der Waals surface area (Å²) in [7, 11) is 1.41. The van der Waals surface area contributed by atoms with Gasteiger partial charge in [-0.1, -0.05) is 6.07 Å². The lowest BCUT2D eigenvalue weighted by Crippen LogP contribution is -2.37. The van der Waals surface area contributed by atoms with Gasteiger partial charge in [-0.15, -0.1) is 11.3 Å². The average molecular weight is 446 g/mol. The summed E-state index contributed by atoms with van der Waals surface area (Å²) in [5.74, 6) is -0.0677. The number of carbonyl (C=O) groups is 1. The molecule has 0 atom stereocenters. The molecule has 1 aromatic heterocycles. The van der Waals surface area contributed by atoms with Gasteiger partial charge in [-0.3, -0.25) is 10.1 Å². The molecule has 0 unspecified atom stereocenters. The van der Waals surface area contributed by atoms with E-state index < -0.39 is 5.82 Å². The van der Waals surface area contributed by atoms with Gasteiger partial charge in [0, 0.05) is 10.9 Å². The Morgan fingerprint density at radius 1 is 1.20 bits per heavy atom. The van der Waals surface area contributed by atoms with Gasteiger partial charge in [0.05, 0.1) is 12.8 Å². The van der Waals surface area contributed by atoms with Crippen molar-refractivity contribution >= 4 is 39.7 Å². The highest BCUT2D eigenvalue weighted by atomic mass is 32.1. The third-order valence-corrected chi connectivity index (χ3v) is 4.95. The van der Waals surface area contributed by atoms with Crippen molar-refractivity contribution in [2.45, 2.75) is 13.8 Å². The number of hydrogen-bond acceptors (Lipinski definition) is 6. The van der Waals surface area contributed by atoms with Gasteiger partial charge in [0.25, 0.3) is 5.91 Å². The van der Waals surface area contributed by atoms with Crippen LogP contribution in [-0.4, -0.2) is 29.7 Å². The van der Waals surface area contributed by atoms with Gasteiger partial charge in [0.15, 0.2) is 28.4 Å². The topological polar surface area (TPSA) is 72.5 Å². The number of ether oxygens (including phenoxy) is 2. The van der Waals surface area contributed by atoms with Gasteiger partial charge in [0.2, 0.25) is 0 Å². The molecule has 0 aliphatic carbocycles. The van der Waals surface area contributed by atoms with Gasteiger partial charge in [-0.25, -0.2) is 9.37 Å². The molecule has 3 aromatic rings. The summed E-state index contributed by atoms with van der Waals surface area (Å²) >= 11 is 6.44. The number of carbonyl (C=O) groups excluding carboxylic acids is 1. The van der Waals surface area contributed by atoms with Crippen LogP contribution >= 0.6 is 23.6 Å². The Balaban J connectivity index is 1.53. The highest BCUT2D eigenvalue weighted by Crippen LogP contribution is 2.28. The zero-order valence-electron chi connectivity index (χ0n) is 16.6. The maximum absolute atomic E-state index is 13.9. The monoisotopic (exact) mass is 445 g/mol. The quantitative estimate of drug-likeness (QED) is 0.546. The Hall–Kier alpha value is -3.04. The number of halogens is 1. The molecule has 0 saturated heterocycles. The first-order valence-electron chi connectivity index (χ1n) is 8.95. The van der Waals surface area contributed by atoms with E-state index >= 15 is 0 Å². The van der Waals surface area contributed by atoms with Crippen LogP contribution in [0.25, 0.3) is 11.3 Å². The van der Waals surface area contributed by atoms with Gasteiger partial charge in [-0.2, -0.15) is 0 Å². The molecule has 3 rings (SSSR count). The maximum Gasteiger partial charge on any atom is 0.264 e. The van der Waals surface area contributed by atoms with Crippen molar-refractivity contribution in [1.82, 2.24) is 10.3 Å². The first-order chi connectivity index (χ1) is 14.3. The Morgan fingerprint density at radius 2 is 1.93 bits per heavy atom. The van der Waals surface area contributed by atoms with Crippen LogP contribution in [0.1, 0.15) is 11.1 Å². The van der Waals surface area contributed by atoms with E-state index in [9.17, 15) is 9.18 Å². The summed E-state index contributed by atoms with van der Waals surface area (Å²) < 4.78 is 24.3. The molecule has 156 valence electrons. The fourth-order valence-electron chi connectivity index (χ4n) is 2.75. The number of anilines is 1. The number of amides is 1. The maximum atomic E-state index is 13.9. The number of aromatic nitrogens is 1. The van der Waals surface area contributed by atoms with Crippen LogP contribution < -0.4 is 20.1 Å². The average Bonchev–Trinajstić information content (AvgIpc) is 3.14. The van der Waals surface area contributed by atoms with Crippen LogP contribution in [-0.2, 0) is 4.79 Å². The van der Waals surface area contributed by atoms with Crippen LogP contribution in [0.4, 0.5) is 9.52 Å². The molecule has 0 aliphatic heterocycles. The lowest BCUT2D eigenvalue weighted by Gasteiger charge is -2.10. The number of thiocarbonyl (C=S) groups is 1. The third-order valence-electron chi connectivity index (χ3n) is 3.99. The summed E-state index contributed by atoms with van der Waals surface area (Å²) in [5, 5.41) is 7.73. The smallest absolute Gasteiger partial charge is 0.264 e. The van der Waals surface area contributed by atoms with Gasteiger partial charge >= 0.3 is 0 Å². The minimum absolute atomic E-state index is 0.103. The Morgan fingerprint density at radius 3 is 2.60 bits per heavy atom. The molecular weight excluding hydrogens is 425 g/mol.